The van der Waals surface area contributed by atoms with Gasteiger partial charge in [-0.2, -0.15) is 0 Å². The summed E-state index contributed by atoms with van der Waals surface area (Å²) in [5.41, 5.74) is 1.50. The van der Waals surface area contributed by atoms with Gasteiger partial charge in [-0.3, -0.25) is 14.4 Å². The fraction of sp³-hybridized carbons (Fsp3) is 0.350. The smallest absolute Gasteiger partial charge is 0.287 e. The van der Waals surface area contributed by atoms with E-state index in [1.165, 1.54) is 11.2 Å². The monoisotopic (exact) mass is 364 g/mol. The average molecular weight is 364 g/mol. The second kappa shape index (κ2) is 7.26. The zero-order chi connectivity index (χ0) is 18.8. The summed E-state index contributed by atoms with van der Waals surface area (Å²) < 4.78 is 0. The molecular weight excluding hydrogens is 344 g/mol. The Bertz CT molecular complexity index is 852. The van der Waals surface area contributed by atoms with Crippen LogP contribution in [-0.2, 0) is 20.8 Å². The van der Waals surface area contributed by atoms with E-state index < -0.39 is 23.5 Å². The largest absolute Gasteiger partial charge is 0.347 e. The zero-order valence-corrected chi connectivity index (χ0v) is 14.7. The Hall–Kier alpha value is -3.09. The van der Waals surface area contributed by atoms with Gasteiger partial charge in [0.1, 0.15) is 6.33 Å². The molecule has 7 nitrogen and oxygen atoms in total. The number of benzene rings is 1. The maximum absolute atomic E-state index is 13.1. The van der Waals surface area contributed by atoms with Crippen LogP contribution in [0.5, 0.6) is 0 Å². The Morgan fingerprint density at radius 1 is 1.11 bits per heavy atom. The van der Waals surface area contributed by atoms with Gasteiger partial charge in [0, 0.05) is 12.6 Å². The number of hydrogen-bond donors (Lipinski definition) is 1. The minimum absolute atomic E-state index is 0.102. The summed E-state index contributed by atoms with van der Waals surface area (Å²) in [7, 11) is 0. The topological polar surface area (TPSA) is 92.3 Å². The molecule has 1 aliphatic heterocycles. The van der Waals surface area contributed by atoms with E-state index in [1.807, 2.05) is 30.3 Å². The molecule has 2 heterocycles. The highest BCUT2D eigenvalue weighted by molar-refractivity contribution is 6.38. The highest BCUT2D eigenvalue weighted by Gasteiger charge is 2.47. The maximum atomic E-state index is 13.1. The second-order valence-corrected chi connectivity index (χ2v) is 7.06. The van der Waals surface area contributed by atoms with Gasteiger partial charge in [0.15, 0.2) is 0 Å². The number of nitrogens with one attached hydrogen (secondary N) is 1. The second-order valence-electron chi connectivity index (χ2n) is 7.06. The number of nitrogens with zero attached hydrogens (tertiary/aromatic N) is 3. The predicted octanol–water partition coefficient (Wildman–Crippen LogP) is 1.15. The van der Waals surface area contributed by atoms with E-state index >= 15 is 0 Å². The molecule has 1 aromatic carbocycles. The summed E-state index contributed by atoms with van der Waals surface area (Å²) in [5, 5.41) is 2.74. The Morgan fingerprint density at radius 3 is 2.48 bits per heavy atom. The molecule has 1 aliphatic carbocycles. The highest BCUT2D eigenvalue weighted by Crippen LogP contribution is 2.32. The molecule has 1 N–H and O–H groups in total. The van der Waals surface area contributed by atoms with E-state index in [1.54, 1.807) is 12.4 Å². The molecule has 2 amide bonds. The van der Waals surface area contributed by atoms with Gasteiger partial charge in [0.2, 0.25) is 11.7 Å². The molecule has 0 bridgehead atoms. The van der Waals surface area contributed by atoms with Crippen LogP contribution in [0, 0.1) is 11.8 Å². The molecule has 2 atom stereocenters. The maximum Gasteiger partial charge on any atom is 0.287 e. The van der Waals surface area contributed by atoms with E-state index in [-0.39, 0.29) is 18.5 Å². The van der Waals surface area contributed by atoms with E-state index in [9.17, 15) is 14.4 Å². The van der Waals surface area contributed by atoms with E-state index in [0.29, 0.717) is 12.1 Å². The number of Topliss-reactive ketones (excluding diaryl/α,β-unsaturated/α-hetero) is 1. The molecule has 2 fully saturated rings. The van der Waals surface area contributed by atoms with Crippen LogP contribution in [0.3, 0.4) is 0 Å². The van der Waals surface area contributed by atoms with Crippen LogP contribution < -0.4 is 10.2 Å². The lowest BCUT2D eigenvalue weighted by molar-refractivity contribution is -0.141. The van der Waals surface area contributed by atoms with Gasteiger partial charge < -0.3 is 10.2 Å². The first-order valence-electron chi connectivity index (χ1n) is 9.08. The van der Waals surface area contributed by atoms with Gasteiger partial charge in [0.05, 0.1) is 29.9 Å². The van der Waals surface area contributed by atoms with E-state index in [0.717, 1.165) is 18.4 Å². The summed E-state index contributed by atoms with van der Waals surface area (Å²) in [6.45, 7) is 0.167. The molecule has 0 unspecified atom stereocenters. The van der Waals surface area contributed by atoms with Gasteiger partial charge in [-0.1, -0.05) is 30.3 Å². The third kappa shape index (κ3) is 3.72. The third-order valence-corrected chi connectivity index (χ3v) is 5.08. The van der Waals surface area contributed by atoms with Gasteiger partial charge in [0.25, 0.3) is 5.91 Å². The molecule has 4 rings (SSSR count). The molecule has 27 heavy (non-hydrogen) atoms. The fourth-order valence-electron chi connectivity index (χ4n) is 3.47. The number of ketones is 1. The van der Waals surface area contributed by atoms with Gasteiger partial charge in [-0.15, -0.1) is 0 Å². The van der Waals surface area contributed by atoms with Crippen LogP contribution in [-0.4, -0.2) is 40.2 Å². The van der Waals surface area contributed by atoms with Crippen molar-refractivity contribution >= 4 is 23.3 Å². The first kappa shape index (κ1) is 17.3. The lowest BCUT2D eigenvalue weighted by atomic mass is 9.86. The van der Waals surface area contributed by atoms with Crippen LogP contribution in [0.2, 0.25) is 0 Å². The van der Waals surface area contributed by atoms with Crippen LogP contribution in [0.4, 0.5) is 5.69 Å². The van der Waals surface area contributed by atoms with Crippen LogP contribution in [0.15, 0.2) is 49.1 Å². The summed E-state index contributed by atoms with van der Waals surface area (Å²) in [5.74, 6) is -2.54. The summed E-state index contributed by atoms with van der Waals surface area (Å²) in [6, 6.07) is 9.65. The standard InChI is InChI=1S/C20H20N4O3/c25-18(19(26)23-14-6-7-14)17-11-24(15-9-21-12-22-10-15)20(27)16(17)8-13-4-2-1-3-5-13/h1-5,9-10,12,14,16-17H,6-8,11H2,(H,23,26)/t16-,17-/m0/s1. The normalized spacial score (nSPS) is 21.9. The van der Waals surface area contributed by atoms with Crippen molar-refractivity contribution in [2.45, 2.75) is 25.3 Å². The van der Waals surface area contributed by atoms with Crippen molar-refractivity contribution in [3.8, 4) is 0 Å². The third-order valence-electron chi connectivity index (χ3n) is 5.08. The number of carbonyl (C=O) groups is 3. The lowest BCUT2D eigenvalue weighted by Crippen LogP contribution is -2.39. The van der Waals surface area contributed by atoms with Crippen LogP contribution in [0.1, 0.15) is 18.4 Å². The molecule has 0 spiro atoms. The highest BCUT2D eigenvalue weighted by atomic mass is 16.2. The number of aromatic nitrogens is 2. The number of anilines is 1. The molecule has 2 aliphatic rings. The summed E-state index contributed by atoms with van der Waals surface area (Å²) in [6.07, 6.45) is 6.70. The van der Waals surface area contributed by atoms with Crippen molar-refractivity contribution in [1.82, 2.24) is 15.3 Å². The Kier molecular flexibility index (Phi) is 4.66. The van der Waals surface area contributed by atoms with Crippen LogP contribution in [0.25, 0.3) is 0 Å². The van der Waals surface area contributed by atoms with Crippen LogP contribution >= 0.6 is 0 Å². The van der Waals surface area contributed by atoms with Crippen molar-refractivity contribution in [2.24, 2.45) is 11.8 Å². The Balaban J connectivity index is 1.59. The molecule has 1 aromatic heterocycles. The number of amides is 2. The number of carbonyl (C=O) groups excluding carboxylic acids is 3. The van der Waals surface area contributed by atoms with Crippen molar-refractivity contribution in [1.29, 1.82) is 0 Å². The first-order chi connectivity index (χ1) is 13.1. The minimum Gasteiger partial charge on any atom is -0.347 e. The quantitative estimate of drug-likeness (QED) is 0.776. The van der Waals surface area contributed by atoms with Crippen molar-refractivity contribution in [3.63, 3.8) is 0 Å². The zero-order valence-electron chi connectivity index (χ0n) is 14.7. The van der Waals surface area contributed by atoms with Gasteiger partial charge >= 0.3 is 0 Å². The molecule has 7 heteroatoms. The van der Waals surface area contributed by atoms with Crippen molar-refractivity contribution < 1.29 is 14.4 Å². The summed E-state index contributed by atoms with van der Waals surface area (Å²) >= 11 is 0. The van der Waals surface area contributed by atoms with E-state index in [2.05, 4.69) is 15.3 Å². The molecular formula is C20H20N4O3. The predicted molar refractivity (Wildman–Crippen MR) is 97.7 cm³/mol. The van der Waals surface area contributed by atoms with Crippen molar-refractivity contribution in [3.05, 3.63) is 54.6 Å². The number of hydrogen-bond acceptors (Lipinski definition) is 5. The molecule has 0 radical (unpaired) electrons. The lowest BCUT2D eigenvalue weighted by Gasteiger charge is -2.15. The molecule has 1 saturated heterocycles. The van der Waals surface area contributed by atoms with Crippen molar-refractivity contribution in [2.75, 3.05) is 11.4 Å². The fourth-order valence-corrected chi connectivity index (χ4v) is 3.47. The molecule has 1 saturated carbocycles. The minimum atomic E-state index is -0.684. The summed E-state index contributed by atoms with van der Waals surface area (Å²) in [4.78, 5) is 47.6. The van der Waals surface area contributed by atoms with Gasteiger partial charge in [-0.05, 0) is 24.8 Å². The Morgan fingerprint density at radius 2 is 1.81 bits per heavy atom. The molecule has 138 valence electrons. The first-order valence-corrected chi connectivity index (χ1v) is 9.08. The average Bonchev–Trinajstić information content (AvgIpc) is 3.46. The van der Waals surface area contributed by atoms with E-state index in [4.69, 9.17) is 0 Å². The number of rotatable bonds is 6. The Labute approximate surface area is 156 Å². The SMILES string of the molecule is O=C(NC1CC1)C(=O)[C@H]1CN(c2cncnc2)C(=O)[C@H]1Cc1ccccc1. The molecule has 2 aromatic rings. The van der Waals surface area contributed by atoms with Gasteiger partial charge in [-0.25, -0.2) is 9.97 Å².